The summed E-state index contributed by atoms with van der Waals surface area (Å²) in [6, 6.07) is 1.37. The lowest BCUT2D eigenvalue weighted by molar-refractivity contribution is 1.07. The van der Waals surface area contributed by atoms with Crippen LogP contribution in [0.2, 0.25) is 19.1 Å². The van der Waals surface area contributed by atoms with Crippen LogP contribution >= 0.6 is 11.6 Å². The van der Waals surface area contributed by atoms with E-state index >= 15 is 0 Å². The Hall–Kier alpha value is 0.507. The third-order valence-corrected chi connectivity index (χ3v) is 2.43. The molecule has 0 aromatic carbocycles. The summed E-state index contributed by atoms with van der Waals surface area (Å²) in [5.74, 6) is 0.843. The monoisotopic (exact) mass is 135 g/mol. The van der Waals surface area contributed by atoms with E-state index in [2.05, 4.69) is 13.1 Å². The maximum absolute atomic E-state index is 5.46. The van der Waals surface area contributed by atoms with E-state index in [-0.39, 0.29) is 8.80 Å². The van der Waals surface area contributed by atoms with E-state index in [1.165, 1.54) is 12.5 Å². The molecule has 0 aromatic heterocycles. The minimum absolute atomic E-state index is 0.0183. The molecule has 7 heavy (non-hydrogen) atoms. The van der Waals surface area contributed by atoms with Gasteiger partial charge < -0.3 is 0 Å². The Labute approximate surface area is 52.5 Å². The van der Waals surface area contributed by atoms with E-state index in [0.717, 1.165) is 5.88 Å². The Balaban J connectivity index is 2.68. The van der Waals surface area contributed by atoms with E-state index in [1.54, 1.807) is 0 Å². The first-order valence-electron chi connectivity index (χ1n) is 2.62. The van der Waals surface area contributed by atoms with Gasteiger partial charge in [0.1, 0.15) is 0 Å². The molecule has 0 N–H and O–H groups in total. The number of halogens is 1. The van der Waals surface area contributed by atoms with Crippen molar-refractivity contribution < 1.29 is 0 Å². The number of alkyl halides is 1. The zero-order valence-electron chi connectivity index (χ0n) is 5.00. The van der Waals surface area contributed by atoms with Gasteiger partial charge in [-0.25, -0.2) is 0 Å². The molecule has 0 spiro atoms. The maximum Gasteiger partial charge on any atom is 0.0413 e. The fourth-order valence-electron chi connectivity index (χ4n) is 0.420. The molecule has 2 heteroatoms. The second kappa shape index (κ2) is 4.66. The molecule has 0 atom stereocenters. The zero-order valence-corrected chi connectivity index (χ0v) is 6.76. The van der Waals surface area contributed by atoms with Crippen LogP contribution in [0.5, 0.6) is 0 Å². The standard InChI is InChI=1S/C5H12ClSi/c1-7(2)5-3-4-6/h3-5H2,1-2H3. The highest BCUT2D eigenvalue weighted by molar-refractivity contribution is 6.55. The summed E-state index contributed by atoms with van der Waals surface area (Å²) in [6.45, 7) is 4.63. The van der Waals surface area contributed by atoms with Gasteiger partial charge in [0.25, 0.3) is 0 Å². The van der Waals surface area contributed by atoms with Crippen molar-refractivity contribution in [3.05, 3.63) is 0 Å². The molecule has 43 valence electrons. The van der Waals surface area contributed by atoms with Crippen LogP contribution in [0.4, 0.5) is 0 Å². The Bertz CT molecular complexity index is 37.1. The van der Waals surface area contributed by atoms with Crippen molar-refractivity contribution in [1.82, 2.24) is 0 Å². The summed E-state index contributed by atoms with van der Waals surface area (Å²) in [5, 5.41) is 0. The normalized spacial score (nSPS) is 10.3. The van der Waals surface area contributed by atoms with Gasteiger partial charge in [-0.15, -0.1) is 11.6 Å². The molecule has 0 saturated carbocycles. The molecule has 0 unspecified atom stereocenters. The van der Waals surface area contributed by atoms with Crippen LogP contribution in [0, 0.1) is 0 Å². The Kier molecular flexibility index (Phi) is 5.00. The van der Waals surface area contributed by atoms with Gasteiger partial charge in [0, 0.05) is 14.7 Å². The molecule has 0 aliphatic carbocycles. The Morgan fingerprint density at radius 1 is 1.43 bits per heavy atom. The lowest BCUT2D eigenvalue weighted by Gasteiger charge is -1.95. The van der Waals surface area contributed by atoms with Gasteiger partial charge in [0.2, 0.25) is 0 Å². The predicted molar refractivity (Wildman–Crippen MR) is 37.6 cm³/mol. The third-order valence-electron chi connectivity index (χ3n) is 0.810. The molecule has 0 fully saturated rings. The highest BCUT2D eigenvalue weighted by Crippen LogP contribution is 1.97. The summed E-state index contributed by atoms with van der Waals surface area (Å²) in [5.41, 5.74) is 0. The lowest BCUT2D eigenvalue weighted by Crippen LogP contribution is -1.97. The minimum atomic E-state index is 0.0183. The Morgan fingerprint density at radius 2 is 2.00 bits per heavy atom. The highest BCUT2D eigenvalue weighted by Gasteiger charge is 1.91. The summed E-state index contributed by atoms with van der Waals surface area (Å²) in [4.78, 5) is 0. The summed E-state index contributed by atoms with van der Waals surface area (Å²) < 4.78 is 0. The molecular formula is C5H12ClSi. The highest BCUT2D eigenvalue weighted by atomic mass is 35.5. The molecule has 1 radical (unpaired) electrons. The second-order valence-corrected chi connectivity index (χ2v) is 5.29. The van der Waals surface area contributed by atoms with Crippen molar-refractivity contribution in [3.63, 3.8) is 0 Å². The molecule has 0 bridgehead atoms. The molecule has 0 amide bonds. The predicted octanol–water partition coefficient (Wildman–Crippen LogP) is 2.37. The van der Waals surface area contributed by atoms with Crippen LogP contribution in [0.1, 0.15) is 6.42 Å². The summed E-state index contributed by atoms with van der Waals surface area (Å²) in [7, 11) is 0.0183. The average Bonchev–Trinajstić information content (AvgIpc) is 1.61. The number of rotatable bonds is 3. The molecule has 0 aliphatic heterocycles. The second-order valence-electron chi connectivity index (χ2n) is 2.00. The fourth-order valence-corrected chi connectivity index (χ4v) is 1.66. The van der Waals surface area contributed by atoms with Gasteiger partial charge >= 0.3 is 0 Å². The molecule has 0 aliphatic rings. The van der Waals surface area contributed by atoms with Crippen LogP contribution in [0.25, 0.3) is 0 Å². The third kappa shape index (κ3) is 6.51. The van der Waals surface area contributed by atoms with Crippen molar-refractivity contribution in [1.29, 1.82) is 0 Å². The molecule has 0 nitrogen and oxygen atoms in total. The maximum atomic E-state index is 5.46. The van der Waals surface area contributed by atoms with Crippen molar-refractivity contribution in [3.8, 4) is 0 Å². The molecule has 0 saturated heterocycles. The lowest BCUT2D eigenvalue weighted by atomic mass is 10.6. The minimum Gasteiger partial charge on any atom is -0.127 e. The molecule has 0 rings (SSSR count). The van der Waals surface area contributed by atoms with Crippen LogP contribution < -0.4 is 0 Å². The average molecular weight is 136 g/mol. The van der Waals surface area contributed by atoms with Gasteiger partial charge in [0.15, 0.2) is 0 Å². The molecular weight excluding hydrogens is 124 g/mol. The van der Waals surface area contributed by atoms with Gasteiger partial charge in [0.05, 0.1) is 0 Å². The SMILES string of the molecule is C[Si](C)CCCCl. The van der Waals surface area contributed by atoms with Crippen molar-refractivity contribution in [2.24, 2.45) is 0 Å². The van der Waals surface area contributed by atoms with E-state index in [0.29, 0.717) is 0 Å². The first-order valence-corrected chi connectivity index (χ1v) is 5.86. The summed E-state index contributed by atoms with van der Waals surface area (Å²) in [6.07, 6.45) is 1.21. The van der Waals surface area contributed by atoms with Gasteiger partial charge in [-0.2, -0.15) is 0 Å². The Morgan fingerprint density at radius 3 is 2.14 bits per heavy atom. The van der Waals surface area contributed by atoms with E-state index in [9.17, 15) is 0 Å². The van der Waals surface area contributed by atoms with Gasteiger partial charge in [-0.1, -0.05) is 19.1 Å². The van der Waals surface area contributed by atoms with Crippen molar-refractivity contribution in [2.75, 3.05) is 5.88 Å². The fraction of sp³-hybridized carbons (Fsp3) is 1.00. The van der Waals surface area contributed by atoms with Crippen LogP contribution in [0.15, 0.2) is 0 Å². The van der Waals surface area contributed by atoms with Crippen LogP contribution in [-0.4, -0.2) is 14.7 Å². The molecule has 0 heterocycles. The van der Waals surface area contributed by atoms with Crippen LogP contribution in [-0.2, 0) is 0 Å². The molecule has 0 aromatic rings. The topological polar surface area (TPSA) is 0 Å². The zero-order chi connectivity index (χ0) is 5.70. The first-order chi connectivity index (χ1) is 3.27. The van der Waals surface area contributed by atoms with Gasteiger partial charge in [-0.05, 0) is 6.42 Å². The first kappa shape index (κ1) is 7.51. The van der Waals surface area contributed by atoms with Gasteiger partial charge in [-0.3, -0.25) is 0 Å². The quantitative estimate of drug-likeness (QED) is 0.412. The van der Waals surface area contributed by atoms with E-state index in [1.807, 2.05) is 0 Å². The van der Waals surface area contributed by atoms with E-state index < -0.39 is 0 Å². The van der Waals surface area contributed by atoms with E-state index in [4.69, 9.17) is 11.6 Å². The largest absolute Gasteiger partial charge is 0.127 e. The number of hydrogen-bond donors (Lipinski definition) is 0. The van der Waals surface area contributed by atoms with Crippen LogP contribution in [0.3, 0.4) is 0 Å². The van der Waals surface area contributed by atoms with Crippen molar-refractivity contribution in [2.45, 2.75) is 25.6 Å². The number of hydrogen-bond acceptors (Lipinski definition) is 0. The smallest absolute Gasteiger partial charge is 0.0413 e. The summed E-state index contributed by atoms with van der Waals surface area (Å²) >= 11 is 5.46. The van der Waals surface area contributed by atoms with Crippen molar-refractivity contribution >= 4 is 20.4 Å².